The minimum atomic E-state index is -0.294. The predicted octanol–water partition coefficient (Wildman–Crippen LogP) is 7.18. The zero-order valence-corrected chi connectivity index (χ0v) is 25.5. The standard InChI is InChI=1S/C36H30ClN7O2/c37-29-9-2-1-8-28(29)35(46)40-27-7-5-6-25(22-27)32-33(44-21-4-3-10-31(44)43-32)30-18-20-39-36(42-30)41-26-15-11-23(12-16-26)17-19-38-34(45)24-13-14-24/h1-12,15-16,18,20-22,24H,13-14,17,19H2,(H,38,45)(H,40,46)(H,39,41,42). The van der Waals surface area contributed by atoms with Gasteiger partial charge in [0.1, 0.15) is 5.65 Å². The largest absolute Gasteiger partial charge is 0.356 e. The van der Waals surface area contributed by atoms with Crippen LogP contribution in [0.1, 0.15) is 28.8 Å². The number of rotatable bonds is 10. The van der Waals surface area contributed by atoms with Crippen molar-refractivity contribution in [1.82, 2.24) is 24.7 Å². The van der Waals surface area contributed by atoms with Gasteiger partial charge in [-0.2, -0.15) is 0 Å². The highest BCUT2D eigenvalue weighted by Gasteiger charge is 2.29. The van der Waals surface area contributed by atoms with E-state index >= 15 is 0 Å². The first kappa shape index (κ1) is 29.2. The summed E-state index contributed by atoms with van der Waals surface area (Å²) >= 11 is 6.25. The van der Waals surface area contributed by atoms with Gasteiger partial charge in [0.15, 0.2) is 0 Å². The summed E-state index contributed by atoms with van der Waals surface area (Å²) in [5.41, 5.74) is 6.75. The van der Waals surface area contributed by atoms with E-state index in [-0.39, 0.29) is 17.7 Å². The Bertz CT molecular complexity index is 2050. The van der Waals surface area contributed by atoms with Crippen molar-refractivity contribution in [3.8, 4) is 22.6 Å². The van der Waals surface area contributed by atoms with Gasteiger partial charge in [-0.05, 0) is 79.4 Å². The molecule has 1 aliphatic rings. The number of nitrogens with zero attached hydrogens (tertiary/aromatic N) is 4. The van der Waals surface area contributed by atoms with Crippen molar-refractivity contribution >= 4 is 46.4 Å². The SMILES string of the molecule is O=C(Nc1cccc(-c2nc3ccccn3c2-c2ccnc(Nc3ccc(CCNC(=O)C4CC4)cc3)n2)c1)c1ccccc1Cl. The zero-order chi connectivity index (χ0) is 31.5. The summed E-state index contributed by atoms with van der Waals surface area (Å²) < 4.78 is 1.99. The molecule has 228 valence electrons. The molecule has 0 unspecified atom stereocenters. The van der Waals surface area contributed by atoms with Gasteiger partial charge in [-0.3, -0.25) is 14.0 Å². The first-order valence-electron chi connectivity index (χ1n) is 15.1. The molecule has 10 heteroatoms. The second kappa shape index (κ2) is 12.8. The fourth-order valence-corrected chi connectivity index (χ4v) is 5.51. The van der Waals surface area contributed by atoms with E-state index in [2.05, 4.69) is 20.9 Å². The molecule has 1 aliphatic carbocycles. The van der Waals surface area contributed by atoms with Crippen molar-refractivity contribution in [1.29, 1.82) is 0 Å². The van der Waals surface area contributed by atoms with E-state index in [0.717, 1.165) is 47.4 Å². The van der Waals surface area contributed by atoms with Crippen molar-refractivity contribution in [2.75, 3.05) is 17.2 Å². The quantitative estimate of drug-likeness (QED) is 0.148. The van der Waals surface area contributed by atoms with Crippen LogP contribution in [-0.4, -0.2) is 37.7 Å². The molecule has 3 N–H and O–H groups in total. The topological polar surface area (TPSA) is 113 Å². The first-order chi connectivity index (χ1) is 22.5. The maximum atomic E-state index is 13.0. The fraction of sp³-hybridized carbons (Fsp3) is 0.139. The number of benzene rings is 3. The lowest BCUT2D eigenvalue weighted by Gasteiger charge is -2.10. The summed E-state index contributed by atoms with van der Waals surface area (Å²) in [5.74, 6) is 0.534. The molecule has 0 radical (unpaired) electrons. The van der Waals surface area contributed by atoms with Crippen molar-refractivity contribution in [3.63, 3.8) is 0 Å². The van der Waals surface area contributed by atoms with Gasteiger partial charge in [-0.1, -0.05) is 54.1 Å². The average Bonchev–Trinajstić information content (AvgIpc) is 3.86. The Kier molecular flexibility index (Phi) is 8.14. The second-order valence-electron chi connectivity index (χ2n) is 11.2. The highest BCUT2D eigenvalue weighted by Crippen LogP contribution is 2.34. The van der Waals surface area contributed by atoms with Crippen LogP contribution < -0.4 is 16.0 Å². The van der Waals surface area contributed by atoms with E-state index in [1.165, 1.54) is 0 Å². The number of halogens is 1. The monoisotopic (exact) mass is 627 g/mol. The Hall–Kier alpha value is -5.54. The fourth-order valence-electron chi connectivity index (χ4n) is 5.28. The molecular formula is C36H30ClN7O2. The van der Waals surface area contributed by atoms with E-state index in [0.29, 0.717) is 40.2 Å². The Balaban J connectivity index is 1.13. The van der Waals surface area contributed by atoms with Gasteiger partial charge in [0.05, 0.1) is 27.7 Å². The number of amides is 2. The third-order valence-corrected chi connectivity index (χ3v) is 8.14. The third kappa shape index (κ3) is 6.45. The number of hydrogen-bond acceptors (Lipinski definition) is 6. The van der Waals surface area contributed by atoms with Crippen LogP contribution in [0, 0.1) is 5.92 Å². The number of anilines is 3. The lowest BCUT2D eigenvalue weighted by Crippen LogP contribution is -2.26. The number of pyridine rings is 1. The van der Waals surface area contributed by atoms with Crippen molar-refractivity contribution in [2.24, 2.45) is 5.92 Å². The van der Waals surface area contributed by atoms with Crippen LogP contribution >= 0.6 is 11.6 Å². The van der Waals surface area contributed by atoms with E-state index in [9.17, 15) is 9.59 Å². The zero-order valence-electron chi connectivity index (χ0n) is 24.8. The smallest absolute Gasteiger partial charge is 0.257 e. The second-order valence-corrected chi connectivity index (χ2v) is 11.6. The molecule has 0 aliphatic heterocycles. The van der Waals surface area contributed by atoms with Gasteiger partial charge in [-0.25, -0.2) is 15.0 Å². The summed E-state index contributed by atoms with van der Waals surface area (Å²) in [4.78, 5) is 39.1. The van der Waals surface area contributed by atoms with Crippen molar-refractivity contribution < 1.29 is 9.59 Å². The van der Waals surface area contributed by atoms with Gasteiger partial charge in [0.2, 0.25) is 11.9 Å². The summed E-state index contributed by atoms with van der Waals surface area (Å²) in [5, 5.41) is 9.66. The van der Waals surface area contributed by atoms with Gasteiger partial charge in [-0.15, -0.1) is 0 Å². The van der Waals surface area contributed by atoms with Crippen LogP contribution in [0.4, 0.5) is 17.3 Å². The van der Waals surface area contributed by atoms with Gasteiger partial charge in [0.25, 0.3) is 5.91 Å². The third-order valence-electron chi connectivity index (χ3n) is 7.81. The Morgan fingerprint density at radius 1 is 0.870 bits per heavy atom. The Morgan fingerprint density at radius 2 is 1.70 bits per heavy atom. The van der Waals surface area contributed by atoms with E-state index in [1.807, 2.05) is 83.4 Å². The van der Waals surface area contributed by atoms with E-state index in [1.54, 1.807) is 30.5 Å². The first-order valence-corrected chi connectivity index (χ1v) is 15.5. The predicted molar refractivity (Wildman–Crippen MR) is 180 cm³/mol. The van der Waals surface area contributed by atoms with Gasteiger partial charge >= 0.3 is 0 Å². The van der Waals surface area contributed by atoms with Crippen LogP contribution in [0.2, 0.25) is 5.02 Å². The van der Waals surface area contributed by atoms with E-state index in [4.69, 9.17) is 21.6 Å². The summed E-state index contributed by atoms with van der Waals surface area (Å²) in [7, 11) is 0. The molecule has 0 spiro atoms. The molecule has 1 fully saturated rings. The molecule has 3 aromatic heterocycles. The molecule has 6 aromatic rings. The molecule has 0 atom stereocenters. The van der Waals surface area contributed by atoms with Crippen LogP contribution in [-0.2, 0) is 11.2 Å². The maximum Gasteiger partial charge on any atom is 0.257 e. The molecule has 7 rings (SSSR count). The van der Waals surface area contributed by atoms with Crippen LogP contribution in [0.15, 0.2) is 109 Å². The molecule has 3 heterocycles. The molecule has 0 saturated heterocycles. The number of carbonyl (C=O) groups excluding carboxylic acids is 2. The highest BCUT2D eigenvalue weighted by molar-refractivity contribution is 6.34. The summed E-state index contributed by atoms with van der Waals surface area (Å²) in [6.45, 7) is 0.631. The maximum absolute atomic E-state index is 13.0. The molecule has 0 bridgehead atoms. The Labute approximate surface area is 270 Å². The van der Waals surface area contributed by atoms with Crippen LogP contribution in [0.3, 0.4) is 0 Å². The lowest BCUT2D eigenvalue weighted by molar-refractivity contribution is -0.122. The number of hydrogen-bond donors (Lipinski definition) is 3. The molecule has 1 saturated carbocycles. The minimum absolute atomic E-state index is 0.164. The number of aromatic nitrogens is 4. The number of carbonyl (C=O) groups is 2. The van der Waals surface area contributed by atoms with Crippen LogP contribution in [0.5, 0.6) is 0 Å². The van der Waals surface area contributed by atoms with Crippen molar-refractivity contribution in [2.45, 2.75) is 19.3 Å². The lowest BCUT2D eigenvalue weighted by atomic mass is 10.1. The van der Waals surface area contributed by atoms with Gasteiger partial charge < -0.3 is 16.0 Å². The summed E-state index contributed by atoms with van der Waals surface area (Å²) in [6.07, 6.45) is 6.45. The molecule has 46 heavy (non-hydrogen) atoms. The highest BCUT2D eigenvalue weighted by atomic mass is 35.5. The molecular weight excluding hydrogens is 598 g/mol. The molecule has 9 nitrogen and oxygen atoms in total. The van der Waals surface area contributed by atoms with Crippen LogP contribution in [0.25, 0.3) is 28.3 Å². The molecule has 2 amide bonds. The van der Waals surface area contributed by atoms with Crippen molar-refractivity contribution in [3.05, 3.63) is 126 Å². The van der Waals surface area contributed by atoms with Gasteiger partial charge in [0, 0.05) is 41.8 Å². The minimum Gasteiger partial charge on any atom is -0.356 e. The number of fused-ring (bicyclic) bond motifs is 1. The number of imidazole rings is 1. The molecule has 3 aromatic carbocycles. The average molecular weight is 628 g/mol. The summed E-state index contributed by atoms with van der Waals surface area (Å²) in [6, 6.07) is 30.2. The normalized spacial score (nSPS) is 12.5. The van der Waals surface area contributed by atoms with E-state index < -0.39 is 0 Å². The Morgan fingerprint density at radius 3 is 2.52 bits per heavy atom. The number of nitrogens with one attached hydrogen (secondary N) is 3.